The van der Waals surface area contributed by atoms with Gasteiger partial charge in [-0.25, -0.2) is 4.79 Å². The SMILES string of the molecule is COC(=O)c1sccc1SNc1cccc2cc(C=O)[nH]c12. The summed E-state index contributed by atoms with van der Waals surface area (Å²) < 4.78 is 7.98. The fourth-order valence-corrected chi connectivity index (χ4v) is 3.82. The molecule has 0 fully saturated rings. The Balaban J connectivity index is 1.85. The fourth-order valence-electron chi connectivity index (χ4n) is 2.06. The smallest absolute Gasteiger partial charge is 0.349 e. The minimum Gasteiger partial charge on any atom is -0.465 e. The molecule has 2 N–H and O–H groups in total. The third kappa shape index (κ3) is 2.72. The Morgan fingerprint density at radius 3 is 3.05 bits per heavy atom. The largest absolute Gasteiger partial charge is 0.465 e. The molecule has 1 aromatic carbocycles. The topological polar surface area (TPSA) is 71.2 Å². The molecule has 0 atom stereocenters. The zero-order valence-electron chi connectivity index (χ0n) is 11.6. The van der Waals surface area contributed by atoms with Crippen LogP contribution in [0.3, 0.4) is 0 Å². The number of nitrogens with one attached hydrogen (secondary N) is 2. The van der Waals surface area contributed by atoms with Gasteiger partial charge in [0.05, 0.1) is 28.9 Å². The number of aromatic nitrogens is 1. The maximum absolute atomic E-state index is 11.7. The quantitative estimate of drug-likeness (QED) is 0.420. The van der Waals surface area contributed by atoms with Crippen LogP contribution in [-0.4, -0.2) is 24.3 Å². The molecule has 22 heavy (non-hydrogen) atoms. The van der Waals surface area contributed by atoms with Crippen molar-refractivity contribution >= 4 is 52.1 Å². The summed E-state index contributed by atoms with van der Waals surface area (Å²) in [5, 5.41) is 2.79. The summed E-state index contributed by atoms with van der Waals surface area (Å²) in [7, 11) is 1.37. The number of carbonyl (C=O) groups is 2. The maximum atomic E-state index is 11.7. The standard InChI is InChI=1S/C15H12N2O3S2/c1-20-15(19)14-12(5-6-21-14)22-17-11-4-2-3-9-7-10(8-18)16-13(9)11/h2-8,16-17H,1H3. The molecule has 5 nitrogen and oxygen atoms in total. The highest BCUT2D eigenvalue weighted by atomic mass is 32.2. The van der Waals surface area contributed by atoms with E-state index in [2.05, 4.69) is 9.71 Å². The van der Waals surface area contributed by atoms with E-state index in [1.165, 1.54) is 30.4 Å². The van der Waals surface area contributed by atoms with Crippen LogP contribution in [-0.2, 0) is 4.74 Å². The van der Waals surface area contributed by atoms with Gasteiger partial charge in [0.2, 0.25) is 0 Å². The number of aromatic amines is 1. The van der Waals surface area contributed by atoms with E-state index in [0.717, 1.165) is 27.8 Å². The fraction of sp³-hybridized carbons (Fsp3) is 0.0667. The summed E-state index contributed by atoms with van der Waals surface area (Å²) >= 11 is 2.67. The van der Waals surface area contributed by atoms with Crippen LogP contribution in [0.5, 0.6) is 0 Å². The minimum atomic E-state index is -0.347. The number of hydrogen-bond donors (Lipinski definition) is 2. The van der Waals surface area contributed by atoms with E-state index in [0.29, 0.717) is 10.6 Å². The highest BCUT2D eigenvalue weighted by molar-refractivity contribution is 8.00. The second-order valence-electron chi connectivity index (χ2n) is 4.42. The molecule has 2 aromatic heterocycles. The summed E-state index contributed by atoms with van der Waals surface area (Å²) in [5.74, 6) is -0.347. The van der Waals surface area contributed by atoms with Gasteiger partial charge in [-0.2, -0.15) is 0 Å². The van der Waals surface area contributed by atoms with Gasteiger partial charge in [-0.1, -0.05) is 12.1 Å². The van der Waals surface area contributed by atoms with Crippen molar-refractivity contribution in [2.24, 2.45) is 0 Å². The van der Waals surface area contributed by atoms with E-state index >= 15 is 0 Å². The number of aldehydes is 1. The summed E-state index contributed by atoms with van der Waals surface area (Å²) in [5.41, 5.74) is 2.23. The number of rotatable bonds is 5. The molecule has 0 amide bonds. The number of anilines is 1. The Labute approximate surface area is 134 Å². The molecular weight excluding hydrogens is 320 g/mol. The van der Waals surface area contributed by atoms with Crippen molar-refractivity contribution in [3.8, 4) is 0 Å². The van der Waals surface area contributed by atoms with Crippen LogP contribution in [0.1, 0.15) is 20.2 Å². The van der Waals surface area contributed by atoms with Crippen molar-refractivity contribution in [1.29, 1.82) is 0 Å². The molecule has 7 heteroatoms. The molecule has 0 saturated carbocycles. The lowest BCUT2D eigenvalue weighted by Crippen LogP contribution is -2.00. The van der Waals surface area contributed by atoms with Crippen molar-refractivity contribution in [2.75, 3.05) is 11.8 Å². The predicted molar refractivity (Wildman–Crippen MR) is 88.8 cm³/mol. The number of methoxy groups -OCH3 is 1. The van der Waals surface area contributed by atoms with Gasteiger partial charge < -0.3 is 14.4 Å². The summed E-state index contributed by atoms with van der Waals surface area (Å²) in [6.07, 6.45) is 0.783. The lowest BCUT2D eigenvalue weighted by atomic mass is 10.2. The van der Waals surface area contributed by atoms with Gasteiger partial charge in [-0.3, -0.25) is 4.79 Å². The Morgan fingerprint density at radius 1 is 1.41 bits per heavy atom. The zero-order valence-corrected chi connectivity index (χ0v) is 13.2. The number of esters is 1. The molecule has 112 valence electrons. The van der Waals surface area contributed by atoms with Gasteiger partial charge in [0.15, 0.2) is 6.29 Å². The number of benzene rings is 1. The Kier molecular flexibility index (Phi) is 4.17. The third-order valence-corrected chi connectivity index (χ3v) is 4.98. The number of fused-ring (bicyclic) bond motifs is 1. The Hall–Kier alpha value is -2.25. The molecule has 0 saturated heterocycles. The number of ether oxygens (including phenoxy) is 1. The molecule has 0 spiro atoms. The molecule has 3 aromatic rings. The van der Waals surface area contributed by atoms with Gasteiger partial charge in [-0.15, -0.1) is 11.3 Å². The number of carbonyl (C=O) groups excluding carboxylic acids is 2. The lowest BCUT2D eigenvalue weighted by molar-refractivity contribution is 0.0602. The van der Waals surface area contributed by atoms with Gasteiger partial charge >= 0.3 is 5.97 Å². The van der Waals surface area contributed by atoms with Gasteiger partial charge in [-0.05, 0) is 35.5 Å². The van der Waals surface area contributed by atoms with Gasteiger partial charge in [0.25, 0.3) is 0 Å². The van der Waals surface area contributed by atoms with Crippen LogP contribution in [0.4, 0.5) is 5.69 Å². The van der Waals surface area contributed by atoms with Crippen molar-refractivity contribution in [3.63, 3.8) is 0 Å². The molecule has 0 unspecified atom stereocenters. The summed E-state index contributed by atoms with van der Waals surface area (Å²) in [6, 6.07) is 9.40. The number of hydrogen-bond acceptors (Lipinski definition) is 6. The van der Waals surface area contributed by atoms with E-state index in [4.69, 9.17) is 4.74 Å². The van der Waals surface area contributed by atoms with Crippen LogP contribution < -0.4 is 4.72 Å². The van der Waals surface area contributed by atoms with E-state index in [1.807, 2.05) is 29.6 Å². The van der Waals surface area contributed by atoms with Crippen LogP contribution in [0, 0.1) is 0 Å². The molecule has 0 radical (unpaired) electrons. The van der Waals surface area contributed by atoms with Crippen LogP contribution in [0.15, 0.2) is 40.6 Å². The number of thiophene rings is 1. The van der Waals surface area contributed by atoms with Crippen LogP contribution in [0.2, 0.25) is 0 Å². The van der Waals surface area contributed by atoms with E-state index in [9.17, 15) is 9.59 Å². The van der Waals surface area contributed by atoms with Crippen LogP contribution in [0.25, 0.3) is 10.9 Å². The van der Waals surface area contributed by atoms with Crippen LogP contribution >= 0.6 is 23.3 Å². The van der Waals surface area contributed by atoms with E-state index < -0.39 is 0 Å². The normalized spacial score (nSPS) is 10.6. The first-order valence-electron chi connectivity index (χ1n) is 6.38. The third-order valence-electron chi connectivity index (χ3n) is 3.07. The Bertz CT molecular complexity index is 838. The van der Waals surface area contributed by atoms with Crippen molar-refractivity contribution in [1.82, 2.24) is 4.98 Å². The monoisotopic (exact) mass is 332 g/mol. The summed E-state index contributed by atoms with van der Waals surface area (Å²) in [6.45, 7) is 0. The first-order chi connectivity index (χ1) is 10.7. The van der Waals surface area contributed by atoms with Crippen molar-refractivity contribution in [2.45, 2.75) is 4.90 Å². The molecule has 2 heterocycles. The summed E-state index contributed by atoms with van der Waals surface area (Å²) in [4.78, 5) is 27.0. The second-order valence-corrected chi connectivity index (χ2v) is 6.19. The average molecular weight is 332 g/mol. The number of para-hydroxylation sites is 1. The molecule has 3 rings (SSSR count). The molecular formula is C15H12N2O3S2. The first-order valence-corrected chi connectivity index (χ1v) is 8.08. The number of H-pyrrole nitrogens is 1. The molecule has 0 aliphatic heterocycles. The molecule has 0 aliphatic carbocycles. The van der Waals surface area contributed by atoms with Crippen molar-refractivity contribution in [3.05, 3.63) is 46.3 Å². The highest BCUT2D eigenvalue weighted by Gasteiger charge is 2.14. The molecule has 0 aliphatic rings. The predicted octanol–water partition coefficient (Wildman–Crippen LogP) is 3.95. The highest BCUT2D eigenvalue weighted by Crippen LogP contribution is 2.32. The average Bonchev–Trinajstić information content (AvgIpc) is 3.18. The lowest BCUT2D eigenvalue weighted by Gasteiger charge is -2.07. The van der Waals surface area contributed by atoms with Gasteiger partial charge in [0.1, 0.15) is 4.88 Å². The maximum Gasteiger partial charge on any atom is 0.349 e. The first kappa shape index (κ1) is 14.7. The van der Waals surface area contributed by atoms with Gasteiger partial charge in [0, 0.05) is 5.39 Å². The Morgan fingerprint density at radius 2 is 2.27 bits per heavy atom. The molecule has 0 bridgehead atoms. The van der Waals surface area contributed by atoms with Crippen molar-refractivity contribution < 1.29 is 14.3 Å². The van der Waals surface area contributed by atoms with E-state index in [1.54, 1.807) is 6.07 Å². The minimum absolute atomic E-state index is 0.347. The van der Waals surface area contributed by atoms with E-state index in [-0.39, 0.29) is 5.97 Å². The zero-order chi connectivity index (χ0) is 15.5. The second kappa shape index (κ2) is 6.25.